The number of aliphatic hydroxyl groups is 1. The predicted octanol–water partition coefficient (Wildman–Crippen LogP) is 3.28. The van der Waals surface area contributed by atoms with Gasteiger partial charge in [-0.25, -0.2) is 9.59 Å². The summed E-state index contributed by atoms with van der Waals surface area (Å²) in [6.07, 6.45) is 6.19. The molecule has 43 heavy (non-hydrogen) atoms. The van der Waals surface area contributed by atoms with Gasteiger partial charge in [0.05, 0.1) is 23.4 Å². The lowest BCUT2D eigenvalue weighted by atomic mass is 9.86. The summed E-state index contributed by atoms with van der Waals surface area (Å²) >= 11 is 6.35. The molecule has 1 aliphatic carbocycles. The number of hydrogen-bond acceptors (Lipinski definition) is 7. The molecule has 0 bridgehead atoms. The van der Waals surface area contributed by atoms with E-state index in [1.54, 1.807) is 11.0 Å². The Labute approximate surface area is 259 Å². The molecule has 2 aliphatic rings. The summed E-state index contributed by atoms with van der Waals surface area (Å²) in [6.45, 7) is 9.18. The van der Waals surface area contributed by atoms with Gasteiger partial charge in [-0.1, -0.05) is 56.8 Å². The first kappa shape index (κ1) is 36.2. The minimum Gasteiger partial charge on any atom is -0.478 e. The maximum Gasteiger partial charge on any atom is 0.328 e. The zero-order valence-electron chi connectivity index (χ0n) is 25.5. The van der Waals surface area contributed by atoms with Crippen LogP contribution in [-0.2, 0) is 19.2 Å². The Bertz CT molecular complexity index is 1120. The molecule has 1 saturated heterocycles. The molecule has 0 spiro atoms. The molecule has 240 valence electrons. The number of hydrogen-bond donors (Lipinski definition) is 5. The molecule has 1 aromatic carbocycles. The molecule has 3 atom stereocenters. The van der Waals surface area contributed by atoms with Crippen LogP contribution >= 0.6 is 11.6 Å². The van der Waals surface area contributed by atoms with Gasteiger partial charge in [-0.15, -0.1) is 0 Å². The van der Waals surface area contributed by atoms with Crippen LogP contribution in [0.3, 0.4) is 0 Å². The average Bonchev–Trinajstić information content (AvgIpc) is 2.93. The quantitative estimate of drug-likeness (QED) is 0.232. The number of carboxylic acids is 2. The number of para-hydroxylation sites is 1. The molecule has 2 fully saturated rings. The second-order valence-corrected chi connectivity index (χ2v) is 12.7. The lowest BCUT2D eigenvalue weighted by molar-refractivity contribution is -0.134. The van der Waals surface area contributed by atoms with Gasteiger partial charge in [-0.2, -0.15) is 0 Å². The number of carboxylic acid groups (broad SMARTS) is 2. The minimum absolute atomic E-state index is 0.0158. The van der Waals surface area contributed by atoms with Crippen molar-refractivity contribution >= 4 is 41.0 Å². The van der Waals surface area contributed by atoms with Crippen molar-refractivity contribution in [2.75, 3.05) is 24.5 Å². The molecule has 0 radical (unpaired) electrons. The van der Waals surface area contributed by atoms with Crippen LogP contribution in [-0.4, -0.2) is 87.3 Å². The number of aliphatic hydroxyl groups excluding tert-OH is 1. The molecule has 11 nitrogen and oxygen atoms in total. The van der Waals surface area contributed by atoms with E-state index in [1.165, 1.54) is 6.42 Å². The number of nitrogens with zero attached hydrogens (tertiary/aromatic N) is 2. The molecule has 0 unspecified atom stereocenters. The number of carbonyl (C=O) groups excluding carboxylic acids is 2. The van der Waals surface area contributed by atoms with Gasteiger partial charge >= 0.3 is 11.9 Å². The molecule has 2 amide bonds. The first-order valence-electron chi connectivity index (χ1n) is 14.8. The van der Waals surface area contributed by atoms with Crippen molar-refractivity contribution in [3.63, 3.8) is 0 Å². The van der Waals surface area contributed by atoms with E-state index >= 15 is 0 Å². The lowest BCUT2D eigenvalue weighted by Gasteiger charge is -2.48. The van der Waals surface area contributed by atoms with Gasteiger partial charge in [0.15, 0.2) is 0 Å². The van der Waals surface area contributed by atoms with Gasteiger partial charge in [0.2, 0.25) is 11.8 Å². The van der Waals surface area contributed by atoms with E-state index in [0.717, 1.165) is 25.7 Å². The van der Waals surface area contributed by atoms with Crippen LogP contribution < -0.4 is 16.0 Å². The van der Waals surface area contributed by atoms with Crippen LogP contribution in [0.15, 0.2) is 36.4 Å². The summed E-state index contributed by atoms with van der Waals surface area (Å²) in [7, 11) is 0. The van der Waals surface area contributed by atoms with Gasteiger partial charge in [0, 0.05) is 48.8 Å². The first-order valence-corrected chi connectivity index (χ1v) is 15.2. The van der Waals surface area contributed by atoms with Gasteiger partial charge < -0.3 is 31.3 Å². The number of benzene rings is 1. The van der Waals surface area contributed by atoms with E-state index in [2.05, 4.69) is 19.2 Å². The summed E-state index contributed by atoms with van der Waals surface area (Å²) in [5.74, 6) is -2.75. The number of nitrogens with two attached hydrogens (primary N) is 1. The van der Waals surface area contributed by atoms with Gasteiger partial charge in [-0.3, -0.25) is 14.5 Å². The molecule has 3 rings (SSSR count). The highest BCUT2D eigenvalue weighted by atomic mass is 35.5. The Morgan fingerprint density at radius 1 is 1.09 bits per heavy atom. The second-order valence-electron chi connectivity index (χ2n) is 12.3. The van der Waals surface area contributed by atoms with Crippen LogP contribution in [0.25, 0.3) is 0 Å². The fourth-order valence-corrected chi connectivity index (χ4v) is 5.67. The molecule has 1 aliphatic heterocycles. The lowest BCUT2D eigenvalue weighted by Crippen LogP contribution is -2.64. The maximum atomic E-state index is 13.0. The number of anilines is 1. The Hall–Kier alpha value is -2.99. The topological polar surface area (TPSA) is 173 Å². The molecule has 6 N–H and O–H groups in total. The summed E-state index contributed by atoms with van der Waals surface area (Å²) < 4.78 is 0. The highest BCUT2D eigenvalue weighted by Crippen LogP contribution is 2.31. The summed E-state index contributed by atoms with van der Waals surface area (Å²) in [5, 5.41) is 30.4. The number of halogens is 1. The van der Waals surface area contributed by atoms with E-state index in [0.29, 0.717) is 42.4 Å². The molecule has 0 aromatic heterocycles. The third-order valence-electron chi connectivity index (χ3n) is 8.05. The summed E-state index contributed by atoms with van der Waals surface area (Å²) in [6, 6.07) is 7.02. The van der Waals surface area contributed by atoms with E-state index in [-0.39, 0.29) is 41.8 Å². The predicted molar refractivity (Wildman–Crippen MR) is 166 cm³/mol. The van der Waals surface area contributed by atoms with E-state index in [4.69, 9.17) is 27.5 Å². The third-order valence-corrected chi connectivity index (χ3v) is 8.37. The molecule has 12 heteroatoms. The van der Waals surface area contributed by atoms with Crippen LogP contribution in [0.5, 0.6) is 0 Å². The zero-order valence-corrected chi connectivity index (χ0v) is 26.3. The fraction of sp³-hybridized carbons (Fsp3) is 0.613. The number of piperazine rings is 1. The van der Waals surface area contributed by atoms with Crippen molar-refractivity contribution in [1.82, 2.24) is 10.2 Å². The normalized spacial score (nSPS) is 19.8. The third kappa shape index (κ3) is 11.6. The van der Waals surface area contributed by atoms with Crippen molar-refractivity contribution in [1.29, 1.82) is 0 Å². The summed E-state index contributed by atoms with van der Waals surface area (Å²) in [4.78, 5) is 48.9. The van der Waals surface area contributed by atoms with Crippen molar-refractivity contribution in [3.05, 3.63) is 41.4 Å². The van der Waals surface area contributed by atoms with E-state index in [9.17, 15) is 24.3 Å². The number of rotatable bonds is 11. The highest BCUT2D eigenvalue weighted by Gasteiger charge is 2.40. The number of amides is 2. The number of aliphatic carboxylic acids is 2. The smallest absolute Gasteiger partial charge is 0.328 e. The highest BCUT2D eigenvalue weighted by molar-refractivity contribution is 6.33. The minimum atomic E-state index is -1.26. The Kier molecular flexibility index (Phi) is 14.1. The SMILES string of the molecule is CC(C)[C@H](C[C@H](O)[C@@H](N)CN1CC(=O)N(c2ccccc2Cl)CC1(C)C)C(=O)NC1CCCCC1.O=C(O)C=CC(=O)O. The maximum absolute atomic E-state index is 13.0. The first-order chi connectivity index (χ1) is 20.1. The Morgan fingerprint density at radius 3 is 2.21 bits per heavy atom. The number of carbonyl (C=O) groups is 4. The van der Waals surface area contributed by atoms with Crippen LogP contribution in [0.4, 0.5) is 5.69 Å². The van der Waals surface area contributed by atoms with Crippen LogP contribution in [0, 0.1) is 11.8 Å². The monoisotopic (exact) mass is 622 g/mol. The fourth-order valence-electron chi connectivity index (χ4n) is 5.43. The molecular weight excluding hydrogens is 576 g/mol. The largest absolute Gasteiger partial charge is 0.478 e. The van der Waals surface area contributed by atoms with E-state index < -0.39 is 24.1 Å². The molecule has 1 aromatic rings. The Balaban J connectivity index is 0.000000708. The second kappa shape index (κ2) is 16.7. The molecule has 1 heterocycles. The van der Waals surface area contributed by atoms with Gasteiger partial charge in [0.25, 0.3) is 0 Å². The van der Waals surface area contributed by atoms with Crippen LogP contribution in [0.2, 0.25) is 5.02 Å². The van der Waals surface area contributed by atoms with Gasteiger partial charge in [0.1, 0.15) is 0 Å². The molecular formula is C31H47ClN4O7. The van der Waals surface area contributed by atoms with Gasteiger partial charge in [-0.05, 0) is 51.2 Å². The zero-order chi connectivity index (χ0) is 32.3. The van der Waals surface area contributed by atoms with Crippen molar-refractivity contribution < 1.29 is 34.5 Å². The summed E-state index contributed by atoms with van der Waals surface area (Å²) in [5.41, 5.74) is 6.80. The van der Waals surface area contributed by atoms with E-state index in [1.807, 2.05) is 36.9 Å². The van der Waals surface area contributed by atoms with Crippen molar-refractivity contribution in [2.24, 2.45) is 17.6 Å². The number of nitrogens with one attached hydrogen (secondary N) is 1. The Morgan fingerprint density at radius 2 is 1.67 bits per heavy atom. The average molecular weight is 623 g/mol. The standard InChI is InChI=1S/C27H43ClN4O3.C4H4O4/c1-18(2)20(26(35)30-19-10-6-5-7-11-19)14-24(33)22(29)15-31-16-25(34)32(17-27(31,3)4)23-13-9-8-12-21(23)28;5-3(6)1-2-4(7)8/h8-9,12-13,18-20,22,24,33H,5-7,10-11,14-17,29H2,1-4H3,(H,30,35);1-2H,(H,5,6)(H,7,8)/t20-,22-,24-;/m0./s1. The van der Waals surface area contributed by atoms with Crippen molar-refractivity contribution in [2.45, 2.75) is 89.9 Å². The van der Waals surface area contributed by atoms with Crippen LogP contribution in [0.1, 0.15) is 66.2 Å². The molecule has 1 saturated carbocycles. The van der Waals surface area contributed by atoms with Crippen molar-refractivity contribution in [3.8, 4) is 0 Å².